The molecule has 0 saturated carbocycles. The Morgan fingerprint density at radius 3 is 2.54 bits per heavy atom. The lowest BCUT2D eigenvalue weighted by molar-refractivity contribution is 0.0190. The van der Waals surface area contributed by atoms with Gasteiger partial charge in [0.15, 0.2) is 0 Å². The van der Waals surface area contributed by atoms with Gasteiger partial charge in [0.2, 0.25) is 0 Å². The van der Waals surface area contributed by atoms with Crippen molar-refractivity contribution >= 4 is 5.91 Å². The second-order valence-electron chi connectivity index (χ2n) is 8.26. The molecule has 3 heterocycles. The van der Waals surface area contributed by atoms with Crippen molar-refractivity contribution in [2.45, 2.75) is 39.2 Å². The van der Waals surface area contributed by atoms with Crippen molar-refractivity contribution in [2.24, 2.45) is 5.41 Å². The zero-order chi connectivity index (χ0) is 19.7. The van der Waals surface area contributed by atoms with Crippen molar-refractivity contribution in [3.63, 3.8) is 0 Å². The summed E-state index contributed by atoms with van der Waals surface area (Å²) < 4.78 is 7.18. The number of nitrogens with zero attached hydrogens (tertiary/aromatic N) is 2. The van der Waals surface area contributed by atoms with Gasteiger partial charge >= 0.3 is 0 Å². The normalized spacial score (nSPS) is 19.7. The van der Waals surface area contributed by atoms with Crippen LogP contribution in [0.3, 0.4) is 0 Å². The monoisotopic (exact) mass is 380 g/mol. The van der Waals surface area contributed by atoms with Gasteiger partial charge in [-0.25, -0.2) is 0 Å². The number of carbonyl (C=O) groups excluding carboxylic acids is 1. The number of likely N-dealkylation sites (tertiary alicyclic amines) is 1. The molecule has 5 nitrogen and oxygen atoms in total. The number of pyridine rings is 1. The number of benzene rings is 1. The van der Waals surface area contributed by atoms with Crippen LogP contribution < -0.4 is 5.56 Å². The summed E-state index contributed by atoms with van der Waals surface area (Å²) in [6, 6.07) is 11.7. The SMILES string of the molecule is Cc1ccn(C(C)c2ccccc2)c(=O)c1C(=O)N1CCC2(CCOCC2)C1. The standard InChI is InChI=1S/C23H28N2O3/c1-17-8-12-25(18(2)19-6-4-3-5-7-19)22(27)20(17)21(26)24-13-9-23(16-24)10-14-28-15-11-23/h3-8,12,18H,9-11,13-16H2,1-2H3. The van der Waals surface area contributed by atoms with Gasteiger partial charge in [0, 0.05) is 32.5 Å². The predicted octanol–water partition coefficient (Wildman–Crippen LogP) is 3.41. The Hall–Kier alpha value is -2.40. The summed E-state index contributed by atoms with van der Waals surface area (Å²) >= 11 is 0. The second-order valence-corrected chi connectivity index (χ2v) is 8.26. The zero-order valence-electron chi connectivity index (χ0n) is 16.7. The minimum Gasteiger partial charge on any atom is -0.381 e. The first kappa shape index (κ1) is 18.9. The van der Waals surface area contributed by atoms with E-state index in [1.807, 2.05) is 55.1 Å². The number of aromatic nitrogens is 1. The lowest BCUT2D eigenvalue weighted by Crippen LogP contribution is -2.39. The Balaban J connectivity index is 1.63. The van der Waals surface area contributed by atoms with Crippen molar-refractivity contribution in [3.05, 3.63) is 69.6 Å². The molecular weight excluding hydrogens is 352 g/mol. The van der Waals surface area contributed by atoms with Gasteiger partial charge in [0.05, 0.1) is 6.04 Å². The van der Waals surface area contributed by atoms with Gasteiger partial charge in [-0.15, -0.1) is 0 Å². The van der Waals surface area contributed by atoms with Crippen LogP contribution in [0.15, 0.2) is 47.4 Å². The van der Waals surface area contributed by atoms with E-state index in [9.17, 15) is 9.59 Å². The van der Waals surface area contributed by atoms with Crippen LogP contribution in [-0.2, 0) is 4.74 Å². The van der Waals surface area contributed by atoms with Crippen LogP contribution in [0.5, 0.6) is 0 Å². The van der Waals surface area contributed by atoms with Crippen LogP contribution in [0.1, 0.15) is 53.7 Å². The fourth-order valence-corrected chi connectivity index (χ4v) is 4.58. The minimum atomic E-state index is -0.200. The first-order valence-corrected chi connectivity index (χ1v) is 10.1. The van der Waals surface area contributed by atoms with Gasteiger partial charge in [-0.3, -0.25) is 9.59 Å². The molecule has 4 rings (SSSR count). The van der Waals surface area contributed by atoms with Gasteiger partial charge in [-0.05, 0) is 55.7 Å². The molecule has 2 aliphatic heterocycles. The molecule has 2 saturated heterocycles. The number of rotatable bonds is 3. The smallest absolute Gasteiger partial charge is 0.264 e. The van der Waals surface area contributed by atoms with E-state index in [1.165, 1.54) is 0 Å². The Labute approximate surface area is 165 Å². The van der Waals surface area contributed by atoms with E-state index in [1.54, 1.807) is 10.8 Å². The van der Waals surface area contributed by atoms with E-state index in [2.05, 4.69) is 0 Å². The highest BCUT2D eigenvalue weighted by molar-refractivity contribution is 5.95. The number of hydrogen-bond donors (Lipinski definition) is 0. The number of ether oxygens (including phenoxy) is 1. The summed E-state index contributed by atoms with van der Waals surface area (Å²) in [5, 5.41) is 0. The zero-order valence-corrected chi connectivity index (χ0v) is 16.7. The molecule has 0 radical (unpaired) electrons. The van der Waals surface area contributed by atoms with E-state index in [-0.39, 0.29) is 22.9 Å². The maximum Gasteiger partial charge on any atom is 0.264 e. The second kappa shape index (κ2) is 7.55. The summed E-state index contributed by atoms with van der Waals surface area (Å²) in [4.78, 5) is 28.5. The maximum absolute atomic E-state index is 13.3. The van der Waals surface area contributed by atoms with Gasteiger partial charge in [0.25, 0.3) is 11.5 Å². The number of amides is 1. The minimum absolute atomic E-state index is 0.124. The Morgan fingerprint density at radius 2 is 1.82 bits per heavy atom. The number of hydrogen-bond acceptors (Lipinski definition) is 3. The molecule has 1 aromatic heterocycles. The van der Waals surface area contributed by atoms with Crippen LogP contribution in [0.4, 0.5) is 0 Å². The molecule has 1 spiro atoms. The Kier molecular flexibility index (Phi) is 5.11. The van der Waals surface area contributed by atoms with E-state index in [0.29, 0.717) is 5.56 Å². The predicted molar refractivity (Wildman–Crippen MR) is 109 cm³/mol. The van der Waals surface area contributed by atoms with Gasteiger partial charge in [-0.2, -0.15) is 0 Å². The molecule has 1 aromatic carbocycles. The van der Waals surface area contributed by atoms with E-state index in [4.69, 9.17) is 4.74 Å². The molecular formula is C23H28N2O3. The van der Waals surface area contributed by atoms with Gasteiger partial charge < -0.3 is 14.2 Å². The van der Waals surface area contributed by atoms with Crippen LogP contribution >= 0.6 is 0 Å². The van der Waals surface area contributed by atoms with Gasteiger partial charge in [-0.1, -0.05) is 30.3 Å². The molecule has 0 N–H and O–H groups in total. The average molecular weight is 380 g/mol. The molecule has 1 amide bonds. The highest BCUT2D eigenvalue weighted by Crippen LogP contribution is 2.40. The van der Waals surface area contributed by atoms with Crippen molar-refractivity contribution in [2.75, 3.05) is 26.3 Å². The third-order valence-corrected chi connectivity index (χ3v) is 6.52. The molecule has 2 fully saturated rings. The molecule has 0 aliphatic carbocycles. The van der Waals surface area contributed by atoms with Crippen LogP contribution in [-0.4, -0.2) is 41.7 Å². The van der Waals surface area contributed by atoms with E-state index in [0.717, 1.165) is 56.7 Å². The molecule has 0 bridgehead atoms. The summed E-state index contributed by atoms with van der Waals surface area (Å²) in [5.41, 5.74) is 2.09. The van der Waals surface area contributed by atoms with Gasteiger partial charge in [0.1, 0.15) is 5.56 Å². The summed E-state index contributed by atoms with van der Waals surface area (Å²) in [6.45, 7) is 6.85. The Morgan fingerprint density at radius 1 is 1.11 bits per heavy atom. The highest BCUT2D eigenvalue weighted by atomic mass is 16.5. The Bertz CT molecular complexity index is 913. The lowest BCUT2D eigenvalue weighted by atomic mass is 9.80. The fraction of sp³-hybridized carbons (Fsp3) is 0.478. The molecule has 148 valence electrons. The van der Waals surface area contributed by atoms with Crippen molar-refractivity contribution in [3.8, 4) is 0 Å². The quantitative estimate of drug-likeness (QED) is 0.820. The van der Waals surface area contributed by atoms with Crippen molar-refractivity contribution in [1.29, 1.82) is 0 Å². The third-order valence-electron chi connectivity index (χ3n) is 6.52. The summed E-state index contributed by atoms with van der Waals surface area (Å²) in [6.07, 6.45) is 4.80. The van der Waals surface area contributed by atoms with Crippen LogP contribution in [0.2, 0.25) is 0 Å². The van der Waals surface area contributed by atoms with E-state index >= 15 is 0 Å². The van der Waals surface area contributed by atoms with Crippen LogP contribution in [0, 0.1) is 12.3 Å². The lowest BCUT2D eigenvalue weighted by Gasteiger charge is -2.33. The molecule has 2 aliphatic rings. The number of aryl methyl sites for hydroxylation is 1. The molecule has 28 heavy (non-hydrogen) atoms. The first-order chi connectivity index (χ1) is 13.5. The largest absolute Gasteiger partial charge is 0.381 e. The fourth-order valence-electron chi connectivity index (χ4n) is 4.58. The molecule has 2 aromatic rings. The average Bonchev–Trinajstić information content (AvgIpc) is 3.12. The summed E-state index contributed by atoms with van der Waals surface area (Å²) in [5.74, 6) is -0.125. The van der Waals surface area contributed by atoms with E-state index < -0.39 is 0 Å². The number of carbonyl (C=O) groups is 1. The molecule has 5 heteroatoms. The summed E-state index contributed by atoms with van der Waals surface area (Å²) in [7, 11) is 0. The van der Waals surface area contributed by atoms with Crippen LogP contribution in [0.25, 0.3) is 0 Å². The van der Waals surface area contributed by atoms with Crippen molar-refractivity contribution < 1.29 is 9.53 Å². The first-order valence-electron chi connectivity index (χ1n) is 10.1. The topological polar surface area (TPSA) is 51.5 Å². The molecule has 1 unspecified atom stereocenters. The maximum atomic E-state index is 13.3. The third kappa shape index (κ3) is 3.39. The highest BCUT2D eigenvalue weighted by Gasteiger charge is 2.41. The van der Waals surface area contributed by atoms with Crippen molar-refractivity contribution in [1.82, 2.24) is 9.47 Å². The molecule has 1 atom stereocenters.